The Balaban J connectivity index is 2.51. The van der Waals surface area contributed by atoms with Crippen molar-refractivity contribution in [2.45, 2.75) is 19.0 Å². The molecule has 0 saturated carbocycles. The highest BCUT2D eigenvalue weighted by Gasteiger charge is 2.36. The lowest BCUT2D eigenvalue weighted by molar-refractivity contribution is -0.141. The number of rotatable bonds is 3. The van der Waals surface area contributed by atoms with Crippen LogP contribution < -0.4 is 0 Å². The third-order valence-electron chi connectivity index (χ3n) is 2.22. The summed E-state index contributed by atoms with van der Waals surface area (Å²) in [5, 5.41) is 12.4. The number of aryl methyl sites for hydroxylation is 1. The van der Waals surface area contributed by atoms with Crippen molar-refractivity contribution in [1.29, 1.82) is 0 Å². The van der Waals surface area contributed by atoms with Crippen LogP contribution in [0, 0.1) is 0 Å². The summed E-state index contributed by atoms with van der Waals surface area (Å²) < 4.78 is 39.4. The highest BCUT2D eigenvalue weighted by atomic mass is 19.4. The van der Waals surface area contributed by atoms with E-state index >= 15 is 0 Å². The number of alkyl halides is 3. The molecule has 0 atom stereocenters. The Morgan fingerprint density at radius 1 is 1.35 bits per heavy atom. The van der Waals surface area contributed by atoms with Gasteiger partial charge in [-0.3, -0.25) is 0 Å². The van der Waals surface area contributed by atoms with Crippen LogP contribution in [-0.2, 0) is 12.6 Å². The standard InChI is InChI=1S/C9H9F3N4O/c10-9(11,12)7-6(2-1-3-17)4-16-8(15-7)13-5-14-16/h4-5,17H,1-3H2. The molecule has 0 amide bonds. The van der Waals surface area contributed by atoms with Gasteiger partial charge < -0.3 is 5.11 Å². The Morgan fingerprint density at radius 2 is 2.12 bits per heavy atom. The number of halogens is 3. The van der Waals surface area contributed by atoms with Gasteiger partial charge in [0.15, 0.2) is 5.69 Å². The zero-order valence-electron chi connectivity index (χ0n) is 8.65. The van der Waals surface area contributed by atoms with Crippen LogP contribution in [0.3, 0.4) is 0 Å². The number of aliphatic hydroxyl groups is 1. The van der Waals surface area contributed by atoms with Crippen LogP contribution >= 0.6 is 0 Å². The van der Waals surface area contributed by atoms with Crippen LogP contribution in [0.15, 0.2) is 12.5 Å². The SMILES string of the molecule is OCCCc1cn2ncnc2nc1C(F)(F)F. The summed E-state index contributed by atoms with van der Waals surface area (Å²) in [5.74, 6) is -0.0925. The Bertz CT molecular complexity index is 522. The molecule has 0 aliphatic rings. The number of nitrogens with zero attached hydrogens (tertiary/aromatic N) is 4. The molecule has 0 unspecified atom stereocenters. The molecule has 2 aromatic rings. The van der Waals surface area contributed by atoms with Gasteiger partial charge in [0.2, 0.25) is 0 Å². The fourth-order valence-corrected chi connectivity index (χ4v) is 1.49. The van der Waals surface area contributed by atoms with E-state index in [1.807, 2.05) is 0 Å². The quantitative estimate of drug-likeness (QED) is 0.879. The fourth-order valence-electron chi connectivity index (χ4n) is 1.49. The van der Waals surface area contributed by atoms with Gasteiger partial charge in [-0.1, -0.05) is 0 Å². The van der Waals surface area contributed by atoms with E-state index in [0.29, 0.717) is 0 Å². The van der Waals surface area contributed by atoms with Gasteiger partial charge in [-0.15, -0.1) is 0 Å². The van der Waals surface area contributed by atoms with Gasteiger partial charge in [0.05, 0.1) is 0 Å². The highest BCUT2D eigenvalue weighted by molar-refractivity contribution is 5.32. The molecule has 0 aliphatic carbocycles. The van der Waals surface area contributed by atoms with E-state index in [4.69, 9.17) is 5.11 Å². The zero-order chi connectivity index (χ0) is 12.5. The second-order valence-electron chi connectivity index (χ2n) is 3.44. The van der Waals surface area contributed by atoms with Gasteiger partial charge in [0.1, 0.15) is 6.33 Å². The first-order valence-corrected chi connectivity index (χ1v) is 4.89. The molecule has 1 N–H and O–H groups in total. The third-order valence-corrected chi connectivity index (χ3v) is 2.22. The van der Waals surface area contributed by atoms with Crippen LogP contribution in [0.1, 0.15) is 17.7 Å². The molecule has 0 bridgehead atoms. The topological polar surface area (TPSA) is 63.3 Å². The van der Waals surface area contributed by atoms with Crippen molar-refractivity contribution in [2.24, 2.45) is 0 Å². The predicted molar refractivity (Wildman–Crippen MR) is 51.2 cm³/mol. The van der Waals surface area contributed by atoms with Crippen molar-refractivity contribution >= 4 is 5.78 Å². The number of hydrogen-bond donors (Lipinski definition) is 1. The summed E-state index contributed by atoms with van der Waals surface area (Å²) in [7, 11) is 0. The van der Waals surface area contributed by atoms with Crippen molar-refractivity contribution < 1.29 is 18.3 Å². The van der Waals surface area contributed by atoms with E-state index in [1.165, 1.54) is 10.7 Å². The average molecular weight is 246 g/mol. The molecular formula is C9H9F3N4O. The summed E-state index contributed by atoms with van der Waals surface area (Å²) in [6, 6.07) is 0. The molecule has 2 aromatic heterocycles. The predicted octanol–water partition coefficient (Wildman–Crippen LogP) is 1.07. The van der Waals surface area contributed by atoms with Crippen molar-refractivity contribution in [1.82, 2.24) is 19.6 Å². The van der Waals surface area contributed by atoms with Gasteiger partial charge in [0.25, 0.3) is 5.78 Å². The van der Waals surface area contributed by atoms with Gasteiger partial charge in [-0.25, -0.2) is 9.50 Å². The molecule has 0 fully saturated rings. The lowest BCUT2D eigenvalue weighted by atomic mass is 10.1. The van der Waals surface area contributed by atoms with Crippen molar-refractivity contribution in [2.75, 3.05) is 6.61 Å². The Kier molecular flexibility index (Phi) is 2.97. The van der Waals surface area contributed by atoms with Crippen LogP contribution in [0.2, 0.25) is 0 Å². The van der Waals surface area contributed by atoms with Gasteiger partial charge in [-0.05, 0) is 12.8 Å². The smallest absolute Gasteiger partial charge is 0.396 e. The third kappa shape index (κ3) is 2.36. The van der Waals surface area contributed by atoms with E-state index in [0.717, 1.165) is 6.33 Å². The number of aliphatic hydroxyl groups excluding tert-OH is 1. The Morgan fingerprint density at radius 3 is 2.76 bits per heavy atom. The van der Waals surface area contributed by atoms with E-state index < -0.39 is 11.9 Å². The largest absolute Gasteiger partial charge is 0.433 e. The van der Waals surface area contributed by atoms with Gasteiger partial charge in [-0.2, -0.15) is 23.3 Å². The Hall–Kier alpha value is -1.70. The Labute approximate surface area is 93.9 Å². The number of aromatic nitrogens is 4. The summed E-state index contributed by atoms with van der Waals surface area (Å²) in [5.41, 5.74) is -0.962. The maximum Gasteiger partial charge on any atom is 0.433 e. The summed E-state index contributed by atoms with van der Waals surface area (Å²) in [6.07, 6.45) is -1.82. The zero-order valence-corrected chi connectivity index (χ0v) is 8.65. The van der Waals surface area contributed by atoms with Crippen molar-refractivity contribution in [3.8, 4) is 0 Å². The first kappa shape index (κ1) is 11.8. The highest BCUT2D eigenvalue weighted by Crippen LogP contribution is 2.30. The summed E-state index contributed by atoms with van der Waals surface area (Å²) in [4.78, 5) is 7.05. The van der Waals surface area contributed by atoms with E-state index in [9.17, 15) is 13.2 Å². The first-order chi connectivity index (χ1) is 8.02. The molecule has 0 radical (unpaired) electrons. The maximum atomic E-state index is 12.7. The van der Waals surface area contributed by atoms with Crippen molar-refractivity contribution in [3.05, 3.63) is 23.8 Å². The van der Waals surface area contributed by atoms with Crippen LogP contribution in [0.25, 0.3) is 5.78 Å². The number of fused-ring (bicyclic) bond motifs is 1. The normalized spacial score (nSPS) is 12.2. The second kappa shape index (κ2) is 4.28. The van der Waals surface area contributed by atoms with E-state index in [2.05, 4.69) is 15.1 Å². The van der Waals surface area contributed by atoms with E-state index in [1.54, 1.807) is 0 Å². The molecule has 8 heteroatoms. The minimum atomic E-state index is -4.53. The van der Waals surface area contributed by atoms with Crippen molar-refractivity contribution in [3.63, 3.8) is 0 Å². The first-order valence-electron chi connectivity index (χ1n) is 4.89. The summed E-state index contributed by atoms with van der Waals surface area (Å²) >= 11 is 0. The maximum absolute atomic E-state index is 12.7. The molecule has 5 nitrogen and oxygen atoms in total. The monoisotopic (exact) mass is 246 g/mol. The molecule has 0 spiro atoms. The molecular weight excluding hydrogens is 237 g/mol. The molecule has 17 heavy (non-hydrogen) atoms. The van der Waals surface area contributed by atoms with Crippen LogP contribution in [-0.4, -0.2) is 31.3 Å². The minimum absolute atomic E-state index is 0.00421. The molecule has 0 saturated heterocycles. The molecule has 2 rings (SSSR count). The average Bonchev–Trinajstić information content (AvgIpc) is 2.70. The minimum Gasteiger partial charge on any atom is -0.396 e. The van der Waals surface area contributed by atoms with Crippen LogP contribution in [0.4, 0.5) is 13.2 Å². The lowest BCUT2D eigenvalue weighted by Gasteiger charge is -2.11. The van der Waals surface area contributed by atoms with E-state index in [-0.39, 0.29) is 30.8 Å². The fraction of sp³-hybridized carbons (Fsp3) is 0.444. The van der Waals surface area contributed by atoms with Gasteiger partial charge in [0, 0.05) is 18.4 Å². The lowest BCUT2D eigenvalue weighted by Crippen LogP contribution is -2.14. The van der Waals surface area contributed by atoms with Crippen LogP contribution in [0.5, 0.6) is 0 Å². The summed E-state index contributed by atoms with van der Waals surface area (Å²) in [6.45, 7) is -0.174. The molecule has 92 valence electrons. The molecule has 0 aromatic carbocycles. The molecule has 0 aliphatic heterocycles. The number of hydrogen-bond acceptors (Lipinski definition) is 4. The van der Waals surface area contributed by atoms with Gasteiger partial charge >= 0.3 is 6.18 Å². The molecule has 2 heterocycles. The second-order valence-corrected chi connectivity index (χ2v) is 3.44.